The van der Waals surface area contributed by atoms with Crippen LogP contribution in [0, 0.1) is 5.92 Å². The molecule has 3 nitrogen and oxygen atoms in total. The summed E-state index contributed by atoms with van der Waals surface area (Å²) in [5, 5.41) is 0.0523. The summed E-state index contributed by atoms with van der Waals surface area (Å²) in [6, 6.07) is 5.54. The molecule has 2 rings (SSSR count). The van der Waals surface area contributed by atoms with Gasteiger partial charge in [-0.1, -0.05) is 33.3 Å². The van der Waals surface area contributed by atoms with Crippen molar-refractivity contribution in [1.82, 2.24) is 4.68 Å². The van der Waals surface area contributed by atoms with Gasteiger partial charge in [0, 0.05) is 17.5 Å². The molecule has 0 aliphatic carbocycles. The predicted octanol–water partition coefficient (Wildman–Crippen LogP) is 4.56. The fourth-order valence-corrected chi connectivity index (χ4v) is 2.54. The molecule has 24 heavy (non-hydrogen) atoms. The van der Waals surface area contributed by atoms with Gasteiger partial charge < -0.3 is 5.43 Å². The molecule has 0 aliphatic heterocycles. The Kier molecular flexibility index (Phi) is 5.26. The second-order valence-electron chi connectivity index (χ2n) is 6.49. The van der Waals surface area contributed by atoms with Crippen LogP contribution in [-0.4, -0.2) is 10.7 Å². The van der Waals surface area contributed by atoms with Crippen molar-refractivity contribution in [2.24, 2.45) is 5.92 Å². The van der Waals surface area contributed by atoms with Gasteiger partial charge in [-0.05, 0) is 37.0 Å². The van der Waals surface area contributed by atoms with Crippen molar-refractivity contribution in [3.8, 4) is 0 Å². The summed E-state index contributed by atoms with van der Waals surface area (Å²) in [5.41, 5.74) is 2.52. The van der Waals surface area contributed by atoms with E-state index in [0.717, 1.165) is 12.0 Å². The molecule has 6 heteroatoms. The molecule has 2 aromatic rings. The monoisotopic (exact) mass is 340 g/mol. The van der Waals surface area contributed by atoms with Crippen LogP contribution in [0.1, 0.15) is 45.2 Å². The van der Waals surface area contributed by atoms with Crippen molar-refractivity contribution in [2.45, 2.75) is 52.8 Å². The van der Waals surface area contributed by atoms with Crippen LogP contribution in [0.2, 0.25) is 0 Å². The van der Waals surface area contributed by atoms with E-state index < -0.39 is 17.3 Å². The molecule has 132 valence electrons. The number of hydrogen-bond donors (Lipinski definition) is 1. The normalized spacial score (nSPS) is 13.5. The van der Waals surface area contributed by atoms with E-state index in [1.54, 1.807) is 18.2 Å². The summed E-state index contributed by atoms with van der Waals surface area (Å²) in [5.74, 6) is 0.230. The third-order valence-electron chi connectivity index (χ3n) is 4.26. The molecule has 0 radical (unpaired) electrons. The van der Waals surface area contributed by atoms with Crippen LogP contribution in [0.15, 0.2) is 29.1 Å². The van der Waals surface area contributed by atoms with Gasteiger partial charge in [0.05, 0.1) is 11.1 Å². The van der Waals surface area contributed by atoms with Gasteiger partial charge in [-0.25, -0.2) is 4.68 Å². The number of fused-ring (bicyclic) bond motifs is 1. The van der Waals surface area contributed by atoms with E-state index in [-0.39, 0.29) is 22.9 Å². The first-order chi connectivity index (χ1) is 11.1. The second kappa shape index (κ2) is 6.87. The summed E-state index contributed by atoms with van der Waals surface area (Å²) in [6.45, 7) is 7.83. The molecule has 0 saturated heterocycles. The highest BCUT2D eigenvalue weighted by Gasteiger charge is 2.34. The third-order valence-corrected chi connectivity index (χ3v) is 4.26. The maximum Gasteiger partial charge on any atom is 0.417 e. The maximum atomic E-state index is 13.4. The zero-order valence-electron chi connectivity index (χ0n) is 14.4. The van der Waals surface area contributed by atoms with E-state index in [0.29, 0.717) is 12.5 Å². The lowest BCUT2D eigenvalue weighted by Crippen LogP contribution is -2.37. The molecule has 1 aromatic carbocycles. The molecule has 0 bridgehead atoms. The van der Waals surface area contributed by atoms with Crippen LogP contribution in [0.25, 0.3) is 10.9 Å². The van der Waals surface area contributed by atoms with Crippen molar-refractivity contribution in [2.75, 3.05) is 5.43 Å². The fraction of sp³-hybridized carbons (Fsp3) is 0.500. The van der Waals surface area contributed by atoms with E-state index in [9.17, 15) is 18.0 Å². The van der Waals surface area contributed by atoms with Crippen molar-refractivity contribution in [3.63, 3.8) is 0 Å². The first-order valence-electron chi connectivity index (χ1n) is 8.17. The lowest BCUT2D eigenvalue weighted by Gasteiger charge is -2.23. The lowest BCUT2D eigenvalue weighted by atomic mass is 10.0. The van der Waals surface area contributed by atoms with Crippen LogP contribution in [0.5, 0.6) is 0 Å². The number of aryl methyl sites for hydroxylation is 1. The zero-order valence-corrected chi connectivity index (χ0v) is 14.4. The second-order valence-corrected chi connectivity index (χ2v) is 6.49. The number of nitrogens with zero attached hydrogens (tertiary/aromatic N) is 1. The molecule has 1 N–H and O–H groups in total. The van der Waals surface area contributed by atoms with Gasteiger partial charge in [0.2, 0.25) is 0 Å². The van der Waals surface area contributed by atoms with Crippen molar-refractivity contribution >= 4 is 10.9 Å². The standard InChI is InChI=1S/C18H23F3N2O/c1-5-6-13-7-8-16-14(9-13)15(18(19,20)21)10-17(24)23(16)22-12(4)11(2)3/h7-12,22H,5-6H2,1-4H3. The summed E-state index contributed by atoms with van der Waals surface area (Å²) in [7, 11) is 0. The molecule has 0 aliphatic rings. The number of nitrogens with one attached hydrogen (secondary N) is 1. The number of halogens is 3. The fourth-order valence-electron chi connectivity index (χ4n) is 2.54. The number of benzene rings is 1. The van der Waals surface area contributed by atoms with Crippen molar-refractivity contribution in [1.29, 1.82) is 0 Å². The molecule has 1 unspecified atom stereocenters. The Morgan fingerprint density at radius 3 is 2.38 bits per heavy atom. The van der Waals surface area contributed by atoms with Crippen LogP contribution in [-0.2, 0) is 12.6 Å². The molecule has 1 heterocycles. The maximum absolute atomic E-state index is 13.4. The minimum atomic E-state index is -4.56. The van der Waals surface area contributed by atoms with Gasteiger partial charge in [-0.2, -0.15) is 13.2 Å². The Hall–Kier alpha value is -1.98. The number of pyridine rings is 1. The molecule has 1 aromatic heterocycles. The minimum absolute atomic E-state index is 0.0523. The molecular weight excluding hydrogens is 317 g/mol. The summed E-state index contributed by atoms with van der Waals surface area (Å²) in [6.07, 6.45) is -3.03. The first kappa shape index (κ1) is 18.4. The molecule has 0 saturated carbocycles. The SMILES string of the molecule is CCCc1ccc2c(c1)c(C(F)(F)F)cc(=O)n2NC(C)C(C)C. The van der Waals surface area contributed by atoms with E-state index >= 15 is 0 Å². The number of hydrogen-bond acceptors (Lipinski definition) is 2. The van der Waals surface area contributed by atoms with Gasteiger partial charge in [-0.15, -0.1) is 0 Å². The molecule has 0 fully saturated rings. The first-order valence-corrected chi connectivity index (χ1v) is 8.17. The van der Waals surface area contributed by atoms with Gasteiger partial charge in [0.1, 0.15) is 0 Å². The Balaban J connectivity index is 2.72. The predicted molar refractivity (Wildman–Crippen MR) is 90.9 cm³/mol. The third kappa shape index (κ3) is 3.74. The number of rotatable bonds is 5. The van der Waals surface area contributed by atoms with Gasteiger partial charge >= 0.3 is 6.18 Å². The average molecular weight is 340 g/mol. The molecule has 1 atom stereocenters. The number of alkyl halides is 3. The van der Waals surface area contributed by atoms with Crippen molar-refractivity contribution in [3.05, 3.63) is 45.7 Å². The Bertz CT molecular complexity index is 778. The minimum Gasteiger partial charge on any atom is -0.320 e. The van der Waals surface area contributed by atoms with Crippen LogP contribution in [0.4, 0.5) is 13.2 Å². The van der Waals surface area contributed by atoms with Crippen LogP contribution < -0.4 is 11.0 Å². The highest BCUT2D eigenvalue weighted by Crippen LogP contribution is 2.34. The van der Waals surface area contributed by atoms with Crippen molar-refractivity contribution < 1.29 is 13.2 Å². The Morgan fingerprint density at radius 2 is 1.83 bits per heavy atom. The van der Waals surface area contributed by atoms with E-state index in [2.05, 4.69) is 5.43 Å². The molecule has 0 amide bonds. The highest BCUT2D eigenvalue weighted by atomic mass is 19.4. The smallest absolute Gasteiger partial charge is 0.320 e. The molecule has 0 spiro atoms. The van der Waals surface area contributed by atoms with Gasteiger partial charge in [0.25, 0.3) is 5.56 Å². The summed E-state index contributed by atoms with van der Waals surface area (Å²) in [4.78, 5) is 12.3. The van der Waals surface area contributed by atoms with Crippen LogP contribution in [0.3, 0.4) is 0 Å². The van der Waals surface area contributed by atoms with E-state index in [4.69, 9.17) is 0 Å². The van der Waals surface area contributed by atoms with Gasteiger partial charge in [0.15, 0.2) is 0 Å². The topological polar surface area (TPSA) is 34.0 Å². The Labute approximate surface area is 139 Å². The lowest BCUT2D eigenvalue weighted by molar-refractivity contribution is -0.136. The summed E-state index contributed by atoms with van der Waals surface area (Å²) < 4.78 is 41.3. The largest absolute Gasteiger partial charge is 0.417 e. The highest BCUT2D eigenvalue weighted by molar-refractivity contribution is 5.84. The van der Waals surface area contributed by atoms with E-state index in [1.807, 2.05) is 27.7 Å². The van der Waals surface area contributed by atoms with Crippen LogP contribution >= 0.6 is 0 Å². The van der Waals surface area contributed by atoms with E-state index in [1.165, 1.54) is 4.68 Å². The quantitative estimate of drug-likeness (QED) is 0.866. The average Bonchev–Trinajstić information content (AvgIpc) is 2.48. The molecular formula is C18H23F3N2O. The summed E-state index contributed by atoms with van der Waals surface area (Å²) >= 11 is 0. The number of aromatic nitrogens is 1. The zero-order chi connectivity index (χ0) is 18.1. The van der Waals surface area contributed by atoms with Gasteiger partial charge in [-0.3, -0.25) is 4.79 Å². The Morgan fingerprint density at radius 1 is 1.17 bits per heavy atom.